The SMILES string of the molecule is Cc1nnc(SCCc2ccccc2)n1C1CCCCC1. The number of hydrogen-bond acceptors (Lipinski definition) is 3. The summed E-state index contributed by atoms with van der Waals surface area (Å²) in [6, 6.07) is 11.3. The molecule has 1 aromatic carbocycles. The van der Waals surface area contributed by atoms with Crippen molar-refractivity contribution in [2.24, 2.45) is 0 Å². The lowest BCUT2D eigenvalue weighted by Gasteiger charge is -2.25. The molecule has 0 amide bonds. The fourth-order valence-corrected chi connectivity index (χ4v) is 4.15. The van der Waals surface area contributed by atoms with Gasteiger partial charge in [-0.3, -0.25) is 0 Å². The molecule has 0 atom stereocenters. The minimum atomic E-state index is 0.618. The lowest BCUT2D eigenvalue weighted by molar-refractivity contribution is 0.332. The summed E-state index contributed by atoms with van der Waals surface area (Å²) in [5, 5.41) is 9.81. The third-order valence-electron chi connectivity index (χ3n) is 4.24. The molecule has 3 rings (SSSR count). The smallest absolute Gasteiger partial charge is 0.191 e. The Balaban J connectivity index is 1.63. The Kier molecular flexibility index (Phi) is 4.96. The van der Waals surface area contributed by atoms with Gasteiger partial charge in [-0.05, 0) is 31.7 Å². The van der Waals surface area contributed by atoms with Gasteiger partial charge in [0.2, 0.25) is 0 Å². The molecule has 0 unspecified atom stereocenters. The van der Waals surface area contributed by atoms with Crippen LogP contribution in [0.3, 0.4) is 0 Å². The van der Waals surface area contributed by atoms with E-state index in [9.17, 15) is 0 Å². The summed E-state index contributed by atoms with van der Waals surface area (Å²) in [7, 11) is 0. The summed E-state index contributed by atoms with van der Waals surface area (Å²) < 4.78 is 2.38. The standard InChI is InChI=1S/C17H23N3S/c1-14-18-19-17(20(14)16-10-6-3-7-11-16)21-13-12-15-8-4-2-5-9-15/h2,4-5,8-9,16H,3,6-7,10-13H2,1H3. The van der Waals surface area contributed by atoms with Gasteiger partial charge in [0, 0.05) is 11.8 Å². The summed E-state index contributed by atoms with van der Waals surface area (Å²) in [6.45, 7) is 2.09. The van der Waals surface area contributed by atoms with Crippen LogP contribution in [0.25, 0.3) is 0 Å². The fraction of sp³-hybridized carbons (Fsp3) is 0.529. The zero-order valence-electron chi connectivity index (χ0n) is 12.7. The highest BCUT2D eigenvalue weighted by atomic mass is 32.2. The molecule has 1 aromatic heterocycles. The molecule has 1 fully saturated rings. The van der Waals surface area contributed by atoms with Crippen molar-refractivity contribution in [3.05, 3.63) is 41.7 Å². The van der Waals surface area contributed by atoms with E-state index in [1.54, 1.807) is 0 Å². The molecule has 0 radical (unpaired) electrons. The maximum absolute atomic E-state index is 4.40. The van der Waals surface area contributed by atoms with Gasteiger partial charge in [0.25, 0.3) is 0 Å². The number of aryl methyl sites for hydroxylation is 2. The molecule has 0 N–H and O–H groups in total. The minimum absolute atomic E-state index is 0.618. The largest absolute Gasteiger partial charge is 0.303 e. The molecule has 4 heteroatoms. The first-order chi connectivity index (χ1) is 10.3. The summed E-state index contributed by atoms with van der Waals surface area (Å²) in [6.07, 6.45) is 7.72. The van der Waals surface area contributed by atoms with Gasteiger partial charge in [-0.2, -0.15) is 0 Å². The van der Waals surface area contributed by atoms with Gasteiger partial charge < -0.3 is 4.57 Å². The molecule has 2 aromatic rings. The van der Waals surface area contributed by atoms with Crippen LogP contribution in [-0.2, 0) is 6.42 Å². The zero-order valence-corrected chi connectivity index (χ0v) is 13.5. The molecule has 0 aliphatic heterocycles. The monoisotopic (exact) mass is 301 g/mol. The van der Waals surface area contributed by atoms with Crippen molar-refractivity contribution >= 4 is 11.8 Å². The first kappa shape index (κ1) is 14.6. The second kappa shape index (κ2) is 7.12. The van der Waals surface area contributed by atoms with Gasteiger partial charge in [0.1, 0.15) is 5.82 Å². The highest BCUT2D eigenvalue weighted by Crippen LogP contribution is 2.32. The Morgan fingerprint density at radius 1 is 1.10 bits per heavy atom. The average Bonchev–Trinajstić information content (AvgIpc) is 2.90. The summed E-state index contributed by atoms with van der Waals surface area (Å²) >= 11 is 1.85. The number of rotatable bonds is 5. The van der Waals surface area contributed by atoms with Crippen LogP contribution in [-0.4, -0.2) is 20.5 Å². The van der Waals surface area contributed by atoms with E-state index in [1.165, 1.54) is 37.7 Å². The van der Waals surface area contributed by atoms with E-state index in [4.69, 9.17) is 0 Å². The Labute approximate surface area is 131 Å². The van der Waals surface area contributed by atoms with E-state index in [1.807, 2.05) is 11.8 Å². The van der Waals surface area contributed by atoms with Crippen LogP contribution in [0.2, 0.25) is 0 Å². The van der Waals surface area contributed by atoms with Crippen LogP contribution < -0.4 is 0 Å². The van der Waals surface area contributed by atoms with Crippen LogP contribution in [0.4, 0.5) is 0 Å². The van der Waals surface area contributed by atoms with E-state index in [0.717, 1.165) is 23.2 Å². The number of nitrogens with zero attached hydrogens (tertiary/aromatic N) is 3. The molecular weight excluding hydrogens is 278 g/mol. The molecule has 1 aliphatic carbocycles. The Bertz CT molecular complexity index is 559. The Morgan fingerprint density at radius 2 is 1.86 bits per heavy atom. The highest BCUT2D eigenvalue weighted by Gasteiger charge is 2.21. The van der Waals surface area contributed by atoms with Gasteiger partial charge in [-0.15, -0.1) is 10.2 Å². The predicted octanol–water partition coefficient (Wildman–Crippen LogP) is 4.43. The molecule has 1 aliphatic rings. The van der Waals surface area contributed by atoms with E-state index >= 15 is 0 Å². The van der Waals surface area contributed by atoms with Crippen LogP contribution in [0.15, 0.2) is 35.5 Å². The second-order valence-corrected chi connectivity index (χ2v) is 6.84. The molecule has 0 spiro atoms. The number of hydrogen-bond donors (Lipinski definition) is 0. The number of thioether (sulfide) groups is 1. The van der Waals surface area contributed by atoms with E-state index < -0.39 is 0 Å². The lowest BCUT2D eigenvalue weighted by Crippen LogP contribution is -2.15. The average molecular weight is 301 g/mol. The summed E-state index contributed by atoms with van der Waals surface area (Å²) in [5.74, 6) is 2.14. The first-order valence-electron chi connectivity index (χ1n) is 7.93. The predicted molar refractivity (Wildman–Crippen MR) is 87.8 cm³/mol. The topological polar surface area (TPSA) is 30.7 Å². The maximum Gasteiger partial charge on any atom is 0.191 e. The van der Waals surface area contributed by atoms with Crippen molar-refractivity contribution in [3.63, 3.8) is 0 Å². The number of aromatic nitrogens is 3. The van der Waals surface area contributed by atoms with Gasteiger partial charge in [0.05, 0.1) is 0 Å². The van der Waals surface area contributed by atoms with Gasteiger partial charge in [0.15, 0.2) is 5.16 Å². The molecule has 0 bridgehead atoms. The summed E-state index contributed by atoms with van der Waals surface area (Å²) in [5.41, 5.74) is 1.39. The van der Waals surface area contributed by atoms with E-state index in [0.29, 0.717) is 6.04 Å². The fourth-order valence-electron chi connectivity index (χ4n) is 3.11. The minimum Gasteiger partial charge on any atom is -0.303 e. The van der Waals surface area contributed by atoms with Crippen LogP contribution >= 0.6 is 11.8 Å². The quantitative estimate of drug-likeness (QED) is 0.766. The zero-order chi connectivity index (χ0) is 14.5. The lowest BCUT2D eigenvalue weighted by atomic mass is 9.95. The third-order valence-corrected chi connectivity index (χ3v) is 5.18. The first-order valence-corrected chi connectivity index (χ1v) is 8.91. The molecule has 112 valence electrons. The molecule has 1 heterocycles. The van der Waals surface area contributed by atoms with E-state index in [2.05, 4.69) is 52.0 Å². The van der Waals surface area contributed by atoms with Crippen LogP contribution in [0.5, 0.6) is 0 Å². The van der Waals surface area contributed by atoms with Crippen LogP contribution in [0.1, 0.15) is 49.5 Å². The Morgan fingerprint density at radius 3 is 2.62 bits per heavy atom. The van der Waals surface area contributed by atoms with Crippen molar-refractivity contribution in [3.8, 4) is 0 Å². The second-order valence-electron chi connectivity index (χ2n) is 5.78. The van der Waals surface area contributed by atoms with Crippen LogP contribution in [0, 0.1) is 6.92 Å². The highest BCUT2D eigenvalue weighted by molar-refractivity contribution is 7.99. The van der Waals surface area contributed by atoms with Crippen molar-refractivity contribution < 1.29 is 0 Å². The van der Waals surface area contributed by atoms with Crippen molar-refractivity contribution in [2.75, 3.05) is 5.75 Å². The van der Waals surface area contributed by atoms with Crippen molar-refractivity contribution in [1.29, 1.82) is 0 Å². The third kappa shape index (κ3) is 3.67. The van der Waals surface area contributed by atoms with Gasteiger partial charge in [-0.1, -0.05) is 61.4 Å². The summed E-state index contributed by atoms with van der Waals surface area (Å²) in [4.78, 5) is 0. The molecule has 3 nitrogen and oxygen atoms in total. The maximum atomic E-state index is 4.40. The van der Waals surface area contributed by atoms with Gasteiger partial charge >= 0.3 is 0 Å². The Hall–Kier alpha value is -1.29. The molecule has 21 heavy (non-hydrogen) atoms. The van der Waals surface area contributed by atoms with Crippen molar-refractivity contribution in [1.82, 2.24) is 14.8 Å². The molecule has 1 saturated carbocycles. The van der Waals surface area contributed by atoms with Gasteiger partial charge in [-0.25, -0.2) is 0 Å². The van der Waals surface area contributed by atoms with E-state index in [-0.39, 0.29) is 0 Å². The number of benzene rings is 1. The normalized spacial score (nSPS) is 16.2. The molecular formula is C17H23N3S. The molecule has 0 saturated heterocycles. The van der Waals surface area contributed by atoms with Crippen molar-refractivity contribution in [2.45, 2.75) is 56.6 Å².